The van der Waals surface area contributed by atoms with E-state index >= 15 is 0 Å². The number of aliphatic hydroxyl groups is 1. The summed E-state index contributed by atoms with van der Waals surface area (Å²) < 4.78 is 5.03. The second-order valence-electron chi connectivity index (χ2n) is 4.59. The first kappa shape index (κ1) is 16.1. The maximum atomic E-state index is 11.5. The summed E-state index contributed by atoms with van der Waals surface area (Å²) in [5.41, 5.74) is 0.786. The molecule has 1 unspecified atom stereocenters. The number of hydrogen-bond donors (Lipinski definition) is 1. The van der Waals surface area contributed by atoms with Crippen LogP contribution in [0.1, 0.15) is 26.2 Å². The van der Waals surface area contributed by atoms with E-state index in [1.54, 1.807) is 19.1 Å². The summed E-state index contributed by atoms with van der Waals surface area (Å²) in [6.07, 6.45) is 8.93. The number of rotatable bonds is 6. The zero-order valence-corrected chi connectivity index (χ0v) is 11.4. The van der Waals surface area contributed by atoms with Gasteiger partial charge < -0.3 is 9.84 Å². The molecule has 0 spiro atoms. The van der Waals surface area contributed by atoms with Crippen molar-refractivity contribution >= 4 is 5.97 Å². The molecule has 0 amide bonds. The summed E-state index contributed by atoms with van der Waals surface area (Å²) >= 11 is 0. The Morgan fingerprint density at radius 2 is 2.45 bits per heavy atom. The van der Waals surface area contributed by atoms with Gasteiger partial charge in [-0.15, -0.1) is 0 Å². The Balaban J connectivity index is 2.47. The van der Waals surface area contributed by atoms with Gasteiger partial charge in [-0.05, 0) is 25.0 Å². The summed E-state index contributed by atoms with van der Waals surface area (Å²) in [5, 5.41) is 19.3. The average molecular weight is 281 g/mol. The van der Waals surface area contributed by atoms with Crippen molar-refractivity contribution in [3.05, 3.63) is 46.1 Å². The molecule has 0 heterocycles. The fourth-order valence-corrected chi connectivity index (χ4v) is 1.92. The third kappa shape index (κ3) is 5.79. The number of allylic oxidation sites excluding steroid dienone is 2. The molecule has 0 saturated heterocycles. The van der Waals surface area contributed by atoms with E-state index in [9.17, 15) is 14.9 Å². The number of carbonyl (C=O) groups is 1. The standard InChI is InChI=1S/C14H19NO5/c1-11(4-3-9-16)20-14(17)8-7-12-5-2-6-13(10-12)15(18)19/h3-5,7-8,11,13,16H,2,6,9-10H2,1H3/b4-3-,8-7+/t11-,13?/m1/s1. The van der Waals surface area contributed by atoms with Crippen molar-refractivity contribution in [3.63, 3.8) is 0 Å². The molecular formula is C14H19NO5. The number of aliphatic hydroxyl groups excluding tert-OH is 1. The van der Waals surface area contributed by atoms with Gasteiger partial charge in [-0.3, -0.25) is 10.1 Å². The lowest BCUT2D eigenvalue weighted by atomic mass is 9.95. The molecule has 1 aliphatic rings. The van der Waals surface area contributed by atoms with E-state index in [1.807, 2.05) is 6.08 Å². The minimum absolute atomic E-state index is 0.104. The van der Waals surface area contributed by atoms with E-state index in [2.05, 4.69) is 0 Å². The predicted octanol–water partition coefficient (Wildman–Crippen LogP) is 1.78. The average Bonchev–Trinajstić information content (AvgIpc) is 2.43. The molecule has 1 N–H and O–H groups in total. The van der Waals surface area contributed by atoms with E-state index in [0.717, 1.165) is 5.57 Å². The number of nitrogens with zero attached hydrogens (tertiary/aromatic N) is 1. The molecule has 2 atom stereocenters. The minimum atomic E-state index is -0.568. The second-order valence-corrected chi connectivity index (χ2v) is 4.59. The van der Waals surface area contributed by atoms with Crippen LogP contribution >= 0.6 is 0 Å². The maximum absolute atomic E-state index is 11.5. The van der Waals surface area contributed by atoms with E-state index in [1.165, 1.54) is 12.2 Å². The molecule has 6 nitrogen and oxygen atoms in total. The van der Waals surface area contributed by atoms with Crippen LogP contribution in [0.4, 0.5) is 0 Å². The lowest BCUT2D eigenvalue weighted by Crippen LogP contribution is -2.22. The number of hydrogen-bond acceptors (Lipinski definition) is 5. The van der Waals surface area contributed by atoms with Crippen LogP contribution < -0.4 is 0 Å². The Hall–Kier alpha value is -1.95. The number of carbonyl (C=O) groups excluding carboxylic acids is 1. The lowest BCUT2D eigenvalue weighted by molar-refractivity contribution is -0.523. The van der Waals surface area contributed by atoms with Crippen LogP contribution in [0.3, 0.4) is 0 Å². The Morgan fingerprint density at radius 3 is 3.10 bits per heavy atom. The van der Waals surface area contributed by atoms with E-state index in [-0.39, 0.29) is 11.5 Å². The van der Waals surface area contributed by atoms with Crippen molar-refractivity contribution < 1.29 is 19.6 Å². The molecular weight excluding hydrogens is 262 g/mol. The molecule has 0 fully saturated rings. The molecule has 0 saturated carbocycles. The molecule has 0 aromatic rings. The summed E-state index contributed by atoms with van der Waals surface area (Å²) in [5.74, 6) is -0.510. The minimum Gasteiger partial charge on any atom is -0.455 e. The lowest BCUT2D eigenvalue weighted by Gasteiger charge is -2.14. The summed E-state index contributed by atoms with van der Waals surface area (Å²) in [6.45, 7) is 1.58. The van der Waals surface area contributed by atoms with Crippen LogP contribution in [0, 0.1) is 10.1 Å². The second kappa shape index (κ2) is 8.27. The highest BCUT2D eigenvalue weighted by Crippen LogP contribution is 2.21. The van der Waals surface area contributed by atoms with Crippen LogP contribution in [0.25, 0.3) is 0 Å². The third-order valence-electron chi connectivity index (χ3n) is 2.92. The smallest absolute Gasteiger partial charge is 0.331 e. The van der Waals surface area contributed by atoms with Gasteiger partial charge in [0, 0.05) is 23.8 Å². The van der Waals surface area contributed by atoms with Crippen molar-refractivity contribution in [1.82, 2.24) is 0 Å². The van der Waals surface area contributed by atoms with Gasteiger partial charge in [-0.1, -0.05) is 18.2 Å². The van der Waals surface area contributed by atoms with Gasteiger partial charge in [0.25, 0.3) is 0 Å². The number of esters is 1. The normalized spacial score (nSPS) is 20.9. The van der Waals surface area contributed by atoms with Crippen LogP contribution in [-0.4, -0.2) is 34.8 Å². The summed E-state index contributed by atoms with van der Waals surface area (Å²) in [4.78, 5) is 21.9. The van der Waals surface area contributed by atoms with E-state index in [0.29, 0.717) is 19.3 Å². The first-order valence-electron chi connectivity index (χ1n) is 6.51. The Morgan fingerprint density at radius 1 is 1.70 bits per heavy atom. The quantitative estimate of drug-likeness (QED) is 0.263. The summed E-state index contributed by atoms with van der Waals surface area (Å²) in [7, 11) is 0. The summed E-state index contributed by atoms with van der Waals surface area (Å²) in [6, 6.07) is -0.568. The molecule has 110 valence electrons. The Labute approximate surface area is 117 Å². The molecule has 0 radical (unpaired) electrons. The molecule has 0 aliphatic heterocycles. The highest BCUT2D eigenvalue weighted by Gasteiger charge is 2.23. The van der Waals surface area contributed by atoms with E-state index < -0.39 is 18.1 Å². The van der Waals surface area contributed by atoms with Gasteiger partial charge in [0.2, 0.25) is 6.04 Å². The Bertz CT molecular complexity index is 439. The largest absolute Gasteiger partial charge is 0.455 e. The van der Waals surface area contributed by atoms with Gasteiger partial charge in [0.15, 0.2) is 0 Å². The highest BCUT2D eigenvalue weighted by atomic mass is 16.6. The molecule has 0 aromatic heterocycles. The van der Waals surface area contributed by atoms with Crippen molar-refractivity contribution in [1.29, 1.82) is 0 Å². The zero-order valence-electron chi connectivity index (χ0n) is 11.4. The van der Waals surface area contributed by atoms with Gasteiger partial charge in [0.05, 0.1) is 6.61 Å². The van der Waals surface area contributed by atoms with Gasteiger partial charge in [-0.25, -0.2) is 4.79 Å². The molecule has 20 heavy (non-hydrogen) atoms. The maximum Gasteiger partial charge on any atom is 0.331 e. The molecule has 0 aromatic carbocycles. The molecule has 1 aliphatic carbocycles. The first-order chi connectivity index (χ1) is 9.52. The predicted molar refractivity (Wildman–Crippen MR) is 73.6 cm³/mol. The molecule has 1 rings (SSSR count). The zero-order chi connectivity index (χ0) is 15.0. The Kier molecular flexibility index (Phi) is 6.66. The topological polar surface area (TPSA) is 89.7 Å². The fraction of sp³-hybridized carbons (Fsp3) is 0.500. The van der Waals surface area contributed by atoms with E-state index in [4.69, 9.17) is 9.84 Å². The van der Waals surface area contributed by atoms with Crippen molar-refractivity contribution in [2.75, 3.05) is 6.61 Å². The van der Waals surface area contributed by atoms with Crippen LogP contribution in [0.5, 0.6) is 0 Å². The molecule has 6 heteroatoms. The monoisotopic (exact) mass is 281 g/mol. The third-order valence-corrected chi connectivity index (χ3v) is 2.92. The van der Waals surface area contributed by atoms with Gasteiger partial charge in [0.1, 0.15) is 6.10 Å². The highest BCUT2D eigenvalue weighted by molar-refractivity contribution is 5.82. The number of nitro groups is 1. The van der Waals surface area contributed by atoms with Gasteiger partial charge >= 0.3 is 5.97 Å². The fourth-order valence-electron chi connectivity index (χ4n) is 1.92. The van der Waals surface area contributed by atoms with Crippen molar-refractivity contribution in [2.24, 2.45) is 0 Å². The van der Waals surface area contributed by atoms with Gasteiger partial charge in [-0.2, -0.15) is 0 Å². The van der Waals surface area contributed by atoms with Crippen molar-refractivity contribution in [3.8, 4) is 0 Å². The van der Waals surface area contributed by atoms with Crippen LogP contribution in [0.2, 0.25) is 0 Å². The first-order valence-corrected chi connectivity index (χ1v) is 6.51. The van der Waals surface area contributed by atoms with Crippen molar-refractivity contribution in [2.45, 2.75) is 38.3 Å². The van der Waals surface area contributed by atoms with Crippen LogP contribution in [-0.2, 0) is 9.53 Å². The van der Waals surface area contributed by atoms with Crippen LogP contribution in [0.15, 0.2) is 36.0 Å². The number of ether oxygens (including phenoxy) is 1. The molecule has 0 bridgehead atoms. The SMILES string of the molecule is C[C@H](/C=C\CO)OC(=O)/C=C/C1=CCCC([N+](=O)[O-])C1.